The molecule has 0 saturated heterocycles. The fraction of sp³-hybridized carbons (Fsp3) is 0.333. The minimum atomic E-state index is -0.726. The number of amides is 1. The molecule has 0 aliphatic carbocycles. The summed E-state index contributed by atoms with van der Waals surface area (Å²) in [6.07, 6.45) is 0.665. The molecule has 1 aliphatic rings. The van der Waals surface area contributed by atoms with E-state index in [-0.39, 0.29) is 11.5 Å². The largest absolute Gasteiger partial charge is 0.493 e. The predicted octanol–water partition coefficient (Wildman–Crippen LogP) is 2.89. The van der Waals surface area contributed by atoms with E-state index in [0.29, 0.717) is 36.6 Å². The highest BCUT2D eigenvalue weighted by atomic mass is 19.1. The zero-order valence-electron chi connectivity index (χ0n) is 16.1. The first-order chi connectivity index (χ1) is 13.4. The van der Waals surface area contributed by atoms with Gasteiger partial charge in [-0.05, 0) is 54.3 Å². The molecule has 0 unspecified atom stereocenters. The Balaban J connectivity index is 1.63. The maximum Gasteiger partial charge on any atom is 0.338 e. The van der Waals surface area contributed by atoms with Crippen molar-refractivity contribution in [3.63, 3.8) is 0 Å². The van der Waals surface area contributed by atoms with Crippen molar-refractivity contribution in [2.45, 2.75) is 19.9 Å². The van der Waals surface area contributed by atoms with Gasteiger partial charge in [0.05, 0.1) is 19.8 Å². The van der Waals surface area contributed by atoms with E-state index < -0.39 is 18.4 Å². The van der Waals surface area contributed by atoms with E-state index in [1.54, 1.807) is 26.0 Å². The van der Waals surface area contributed by atoms with Crippen LogP contribution in [0.3, 0.4) is 0 Å². The molecule has 0 N–H and O–H groups in total. The molecule has 3 rings (SSSR count). The van der Waals surface area contributed by atoms with Gasteiger partial charge in [-0.25, -0.2) is 9.18 Å². The van der Waals surface area contributed by atoms with Crippen molar-refractivity contribution in [1.82, 2.24) is 4.90 Å². The number of rotatable bonds is 5. The van der Waals surface area contributed by atoms with Crippen LogP contribution in [0.1, 0.15) is 27.0 Å². The van der Waals surface area contributed by atoms with E-state index in [9.17, 15) is 14.0 Å². The lowest BCUT2D eigenvalue weighted by molar-refractivity contribution is -0.135. The van der Waals surface area contributed by atoms with Crippen molar-refractivity contribution >= 4 is 11.9 Å². The molecule has 0 radical (unpaired) electrons. The van der Waals surface area contributed by atoms with Gasteiger partial charge in [-0.1, -0.05) is 6.07 Å². The topological polar surface area (TPSA) is 65.1 Å². The first-order valence-corrected chi connectivity index (χ1v) is 8.87. The van der Waals surface area contributed by atoms with Gasteiger partial charge < -0.3 is 19.1 Å². The molecule has 6 nitrogen and oxygen atoms in total. The first-order valence-electron chi connectivity index (χ1n) is 8.87. The Morgan fingerprint density at radius 2 is 1.75 bits per heavy atom. The van der Waals surface area contributed by atoms with Crippen LogP contribution in [-0.2, 0) is 22.5 Å². The summed E-state index contributed by atoms with van der Waals surface area (Å²) in [4.78, 5) is 26.1. The molecule has 1 amide bonds. The quantitative estimate of drug-likeness (QED) is 0.738. The number of benzene rings is 2. The second kappa shape index (κ2) is 8.29. The fourth-order valence-electron chi connectivity index (χ4n) is 3.12. The molecule has 0 aromatic heterocycles. The Bertz CT molecular complexity index is 912. The second-order valence-electron chi connectivity index (χ2n) is 6.58. The third-order valence-electron chi connectivity index (χ3n) is 4.81. The summed E-state index contributed by atoms with van der Waals surface area (Å²) in [5, 5.41) is 0. The van der Waals surface area contributed by atoms with Crippen molar-refractivity contribution in [2.24, 2.45) is 0 Å². The van der Waals surface area contributed by atoms with Crippen molar-refractivity contribution in [2.75, 3.05) is 27.4 Å². The van der Waals surface area contributed by atoms with Gasteiger partial charge in [0, 0.05) is 13.1 Å². The highest BCUT2D eigenvalue weighted by Gasteiger charge is 2.24. The molecule has 28 heavy (non-hydrogen) atoms. The molecule has 148 valence electrons. The van der Waals surface area contributed by atoms with Gasteiger partial charge in [0.25, 0.3) is 5.91 Å². The van der Waals surface area contributed by atoms with Crippen molar-refractivity contribution < 1.29 is 28.2 Å². The van der Waals surface area contributed by atoms with E-state index in [1.165, 1.54) is 12.1 Å². The van der Waals surface area contributed by atoms with E-state index in [1.807, 2.05) is 12.1 Å². The normalized spacial score (nSPS) is 12.9. The second-order valence-corrected chi connectivity index (χ2v) is 6.58. The molecule has 7 heteroatoms. The number of aryl methyl sites for hydroxylation is 1. The first kappa shape index (κ1) is 19.7. The van der Waals surface area contributed by atoms with E-state index in [0.717, 1.165) is 17.2 Å². The fourth-order valence-corrected chi connectivity index (χ4v) is 3.12. The molecular weight excluding hydrogens is 365 g/mol. The highest BCUT2D eigenvalue weighted by Crippen LogP contribution is 2.33. The number of carbonyl (C=O) groups excluding carboxylic acids is 2. The predicted molar refractivity (Wildman–Crippen MR) is 100 cm³/mol. The molecule has 1 aliphatic heterocycles. The Morgan fingerprint density at radius 1 is 1.07 bits per heavy atom. The Kier molecular flexibility index (Phi) is 5.82. The smallest absolute Gasteiger partial charge is 0.338 e. The number of halogens is 1. The number of nitrogens with zero attached hydrogens (tertiary/aromatic N) is 1. The minimum absolute atomic E-state index is 0.0803. The van der Waals surface area contributed by atoms with Gasteiger partial charge in [-0.3, -0.25) is 4.79 Å². The van der Waals surface area contributed by atoms with Crippen molar-refractivity contribution in [3.05, 3.63) is 58.4 Å². The third-order valence-corrected chi connectivity index (χ3v) is 4.81. The van der Waals surface area contributed by atoms with Crippen molar-refractivity contribution in [1.29, 1.82) is 0 Å². The van der Waals surface area contributed by atoms with Gasteiger partial charge >= 0.3 is 5.97 Å². The molecule has 0 spiro atoms. The molecular formula is C21H22FNO5. The maximum absolute atomic E-state index is 13.6. The number of hydrogen-bond acceptors (Lipinski definition) is 5. The Hall–Kier alpha value is -3.09. The van der Waals surface area contributed by atoms with E-state index in [2.05, 4.69) is 0 Å². The molecule has 2 aromatic rings. The third kappa shape index (κ3) is 4.08. The lowest BCUT2D eigenvalue weighted by Gasteiger charge is -2.29. The van der Waals surface area contributed by atoms with Gasteiger partial charge in [-0.15, -0.1) is 0 Å². The lowest BCUT2D eigenvalue weighted by atomic mass is 9.99. The molecule has 2 aromatic carbocycles. The molecule has 0 bridgehead atoms. The standard InChI is InChI=1S/C21H22FNO5/c1-13-4-5-15(8-17(13)22)21(25)28-12-20(24)23-7-6-14-9-18(26-2)19(27-3)10-16(14)11-23/h4-5,8-10H,6-7,11-12H2,1-3H3. The number of fused-ring (bicyclic) bond motifs is 1. The molecule has 1 heterocycles. The number of ether oxygens (including phenoxy) is 3. The number of methoxy groups -OCH3 is 2. The van der Waals surface area contributed by atoms with Crippen LogP contribution in [0, 0.1) is 12.7 Å². The average Bonchev–Trinajstić information content (AvgIpc) is 2.72. The summed E-state index contributed by atoms with van der Waals surface area (Å²) in [5.74, 6) is -0.265. The lowest BCUT2D eigenvalue weighted by Crippen LogP contribution is -2.38. The summed E-state index contributed by atoms with van der Waals surface area (Å²) < 4.78 is 29.3. The molecule has 0 fully saturated rings. The van der Waals surface area contributed by atoms with Gasteiger partial charge in [-0.2, -0.15) is 0 Å². The Morgan fingerprint density at radius 3 is 2.39 bits per heavy atom. The minimum Gasteiger partial charge on any atom is -0.493 e. The van der Waals surface area contributed by atoms with E-state index >= 15 is 0 Å². The van der Waals surface area contributed by atoms with Crippen LogP contribution >= 0.6 is 0 Å². The van der Waals surface area contributed by atoms with Crippen LogP contribution in [0.25, 0.3) is 0 Å². The number of esters is 1. The van der Waals surface area contributed by atoms with Gasteiger partial charge in [0.15, 0.2) is 18.1 Å². The number of hydrogen-bond donors (Lipinski definition) is 0. The van der Waals surface area contributed by atoms with E-state index in [4.69, 9.17) is 14.2 Å². The summed E-state index contributed by atoms with van der Waals surface area (Å²) in [5.41, 5.74) is 2.57. The van der Waals surface area contributed by atoms with Gasteiger partial charge in [0.2, 0.25) is 0 Å². The summed E-state index contributed by atoms with van der Waals surface area (Å²) in [7, 11) is 3.14. The van der Waals surface area contributed by atoms with Crippen LogP contribution in [0.2, 0.25) is 0 Å². The van der Waals surface area contributed by atoms with Crippen LogP contribution in [0.15, 0.2) is 30.3 Å². The monoisotopic (exact) mass is 387 g/mol. The van der Waals surface area contributed by atoms with Crippen LogP contribution in [0.5, 0.6) is 11.5 Å². The zero-order chi connectivity index (χ0) is 20.3. The Labute approximate surface area is 162 Å². The summed E-state index contributed by atoms with van der Waals surface area (Å²) >= 11 is 0. The van der Waals surface area contributed by atoms with Crippen LogP contribution in [-0.4, -0.2) is 44.1 Å². The molecule has 0 saturated carbocycles. The van der Waals surface area contributed by atoms with Crippen LogP contribution in [0.4, 0.5) is 4.39 Å². The number of carbonyl (C=O) groups is 2. The van der Waals surface area contributed by atoms with Crippen molar-refractivity contribution in [3.8, 4) is 11.5 Å². The zero-order valence-corrected chi connectivity index (χ0v) is 16.1. The SMILES string of the molecule is COc1cc2c(cc1OC)CN(C(=O)COC(=O)c1ccc(C)c(F)c1)CC2. The highest BCUT2D eigenvalue weighted by molar-refractivity contribution is 5.91. The average molecular weight is 387 g/mol. The summed E-state index contributed by atoms with van der Waals surface area (Å²) in [6.45, 7) is 2.12. The van der Waals surface area contributed by atoms with Crippen LogP contribution < -0.4 is 9.47 Å². The maximum atomic E-state index is 13.6. The summed E-state index contributed by atoms with van der Waals surface area (Å²) in [6, 6.07) is 7.86. The molecule has 0 atom stereocenters. The van der Waals surface area contributed by atoms with Gasteiger partial charge in [0.1, 0.15) is 5.82 Å².